The number of carbonyl (C=O) groups excluding carboxylic acids is 1. The second-order valence-electron chi connectivity index (χ2n) is 6.24. The van der Waals surface area contributed by atoms with Crippen LogP contribution in [0.5, 0.6) is 0 Å². The van der Waals surface area contributed by atoms with E-state index in [2.05, 4.69) is 32.8 Å². The summed E-state index contributed by atoms with van der Waals surface area (Å²) in [5.74, 6) is 1.27. The fraction of sp³-hybridized carbons (Fsp3) is 0.211. The van der Waals surface area contributed by atoms with Crippen LogP contribution in [-0.2, 0) is 12.8 Å². The number of rotatable bonds is 3. The number of benzene rings is 1. The van der Waals surface area contributed by atoms with E-state index in [0.717, 1.165) is 18.5 Å². The van der Waals surface area contributed by atoms with Gasteiger partial charge in [0, 0.05) is 18.3 Å². The first kappa shape index (κ1) is 15.4. The molecule has 4 rings (SSSR count). The van der Waals surface area contributed by atoms with Crippen LogP contribution in [0.15, 0.2) is 54.7 Å². The molecule has 6 heteroatoms. The number of urea groups is 1. The number of anilines is 1. The number of aryl methyl sites for hydroxylation is 1. The van der Waals surface area contributed by atoms with Crippen molar-refractivity contribution in [1.29, 1.82) is 0 Å². The van der Waals surface area contributed by atoms with E-state index in [-0.39, 0.29) is 12.1 Å². The molecule has 0 unspecified atom stereocenters. The Kier molecular flexibility index (Phi) is 3.93. The number of nitrogens with one attached hydrogen (secondary N) is 2. The van der Waals surface area contributed by atoms with Crippen LogP contribution in [0.1, 0.15) is 16.8 Å². The summed E-state index contributed by atoms with van der Waals surface area (Å²) >= 11 is 0. The minimum Gasteiger partial charge on any atom is -0.334 e. The van der Waals surface area contributed by atoms with Crippen LogP contribution >= 0.6 is 0 Å². The molecule has 0 spiro atoms. The Morgan fingerprint density at radius 3 is 2.52 bits per heavy atom. The van der Waals surface area contributed by atoms with Gasteiger partial charge in [0.15, 0.2) is 5.82 Å². The Morgan fingerprint density at radius 1 is 1.12 bits per heavy atom. The first-order valence-corrected chi connectivity index (χ1v) is 8.31. The Labute approximate surface area is 145 Å². The van der Waals surface area contributed by atoms with Gasteiger partial charge in [-0.2, -0.15) is 9.78 Å². The smallest absolute Gasteiger partial charge is 0.320 e. The summed E-state index contributed by atoms with van der Waals surface area (Å²) < 4.78 is 1.64. The summed E-state index contributed by atoms with van der Waals surface area (Å²) in [6, 6.07) is 15.6. The zero-order valence-corrected chi connectivity index (χ0v) is 13.9. The van der Waals surface area contributed by atoms with Crippen molar-refractivity contribution in [2.75, 3.05) is 5.32 Å². The molecular formula is C19H19N5O. The monoisotopic (exact) mass is 333 g/mol. The number of fused-ring (bicyclic) bond motifs is 1. The average molecular weight is 333 g/mol. The maximum absolute atomic E-state index is 12.4. The molecule has 6 nitrogen and oxygen atoms in total. The number of hydrogen-bond acceptors (Lipinski definition) is 3. The van der Waals surface area contributed by atoms with Crippen LogP contribution in [0.4, 0.5) is 10.6 Å². The van der Waals surface area contributed by atoms with Crippen LogP contribution in [0.3, 0.4) is 0 Å². The van der Waals surface area contributed by atoms with Crippen molar-refractivity contribution in [3.8, 4) is 5.82 Å². The van der Waals surface area contributed by atoms with Gasteiger partial charge in [-0.3, -0.25) is 5.32 Å². The maximum atomic E-state index is 12.4. The lowest BCUT2D eigenvalue weighted by atomic mass is 10.1. The number of hydrogen-bond donors (Lipinski definition) is 2. The first-order chi connectivity index (χ1) is 12.2. The highest BCUT2D eigenvalue weighted by molar-refractivity contribution is 5.89. The lowest BCUT2D eigenvalue weighted by molar-refractivity contribution is 0.248. The lowest BCUT2D eigenvalue weighted by Gasteiger charge is -2.13. The molecule has 2 N–H and O–H groups in total. The fourth-order valence-corrected chi connectivity index (χ4v) is 3.24. The molecule has 1 aliphatic carbocycles. The largest absolute Gasteiger partial charge is 0.334 e. The number of nitrogens with zero attached hydrogens (tertiary/aromatic N) is 3. The van der Waals surface area contributed by atoms with E-state index < -0.39 is 0 Å². The maximum Gasteiger partial charge on any atom is 0.320 e. The lowest BCUT2D eigenvalue weighted by Crippen LogP contribution is -2.38. The van der Waals surface area contributed by atoms with Gasteiger partial charge in [-0.05, 0) is 43.0 Å². The second-order valence-corrected chi connectivity index (χ2v) is 6.24. The summed E-state index contributed by atoms with van der Waals surface area (Å²) in [6.45, 7) is 1.89. The molecule has 2 aromatic heterocycles. The minimum atomic E-state index is -0.227. The van der Waals surface area contributed by atoms with E-state index in [0.29, 0.717) is 11.6 Å². The summed E-state index contributed by atoms with van der Waals surface area (Å²) in [4.78, 5) is 16.7. The highest BCUT2D eigenvalue weighted by Gasteiger charge is 2.23. The fourth-order valence-electron chi connectivity index (χ4n) is 3.24. The third-order valence-electron chi connectivity index (χ3n) is 4.33. The summed E-state index contributed by atoms with van der Waals surface area (Å²) in [7, 11) is 0. The van der Waals surface area contributed by atoms with Gasteiger partial charge in [0.05, 0.1) is 5.69 Å². The van der Waals surface area contributed by atoms with Crippen LogP contribution in [0.25, 0.3) is 5.82 Å². The number of aromatic nitrogens is 3. The molecule has 1 aromatic carbocycles. The van der Waals surface area contributed by atoms with Gasteiger partial charge >= 0.3 is 6.03 Å². The van der Waals surface area contributed by atoms with E-state index in [4.69, 9.17) is 0 Å². The van der Waals surface area contributed by atoms with Gasteiger partial charge in [-0.15, -0.1) is 0 Å². The molecule has 1 aliphatic rings. The number of carbonyl (C=O) groups is 1. The van der Waals surface area contributed by atoms with Crippen LogP contribution in [-0.4, -0.2) is 26.8 Å². The predicted octanol–water partition coefficient (Wildman–Crippen LogP) is 2.86. The average Bonchev–Trinajstić information content (AvgIpc) is 3.18. The van der Waals surface area contributed by atoms with Gasteiger partial charge < -0.3 is 5.32 Å². The number of pyridine rings is 1. The molecule has 25 heavy (non-hydrogen) atoms. The van der Waals surface area contributed by atoms with Gasteiger partial charge in [0.1, 0.15) is 5.82 Å². The Morgan fingerprint density at radius 2 is 1.84 bits per heavy atom. The zero-order valence-electron chi connectivity index (χ0n) is 13.9. The molecule has 0 saturated carbocycles. The molecule has 0 saturated heterocycles. The summed E-state index contributed by atoms with van der Waals surface area (Å²) in [6.07, 6.45) is 3.43. The van der Waals surface area contributed by atoms with Crippen LogP contribution in [0, 0.1) is 6.92 Å². The second kappa shape index (κ2) is 6.39. The Hall–Kier alpha value is -3.15. The molecule has 2 heterocycles. The van der Waals surface area contributed by atoms with Crippen molar-refractivity contribution in [1.82, 2.24) is 20.1 Å². The molecule has 0 atom stereocenters. The molecule has 0 aliphatic heterocycles. The van der Waals surface area contributed by atoms with E-state index in [9.17, 15) is 4.79 Å². The zero-order chi connectivity index (χ0) is 17.2. The number of amides is 2. The van der Waals surface area contributed by atoms with Gasteiger partial charge in [-0.1, -0.05) is 30.3 Å². The molecule has 126 valence electrons. The SMILES string of the molecule is Cc1cc(NC(=O)NC2Cc3ccccc3C2)n(-c2ccccn2)n1. The van der Waals surface area contributed by atoms with E-state index >= 15 is 0 Å². The van der Waals surface area contributed by atoms with Gasteiger partial charge in [0.2, 0.25) is 0 Å². The summed E-state index contributed by atoms with van der Waals surface area (Å²) in [5, 5.41) is 10.4. The normalized spacial score (nSPS) is 13.5. The van der Waals surface area contributed by atoms with Gasteiger partial charge in [0.25, 0.3) is 0 Å². The van der Waals surface area contributed by atoms with Crippen LogP contribution < -0.4 is 10.6 Å². The predicted molar refractivity (Wildman–Crippen MR) is 95.9 cm³/mol. The van der Waals surface area contributed by atoms with Crippen molar-refractivity contribution in [3.05, 3.63) is 71.5 Å². The van der Waals surface area contributed by atoms with Crippen molar-refractivity contribution in [2.45, 2.75) is 25.8 Å². The molecule has 2 amide bonds. The molecule has 0 fully saturated rings. The standard InChI is InChI=1S/C19H19N5O/c1-13-10-18(24(23-13)17-8-4-5-9-20-17)22-19(25)21-16-11-14-6-2-3-7-15(14)12-16/h2-10,16H,11-12H2,1H3,(H2,21,22,25). The highest BCUT2D eigenvalue weighted by Crippen LogP contribution is 2.22. The summed E-state index contributed by atoms with van der Waals surface area (Å²) in [5.41, 5.74) is 3.43. The molecule has 3 aromatic rings. The third-order valence-corrected chi connectivity index (χ3v) is 4.33. The van der Waals surface area contributed by atoms with Gasteiger partial charge in [-0.25, -0.2) is 9.78 Å². The Balaban J connectivity index is 1.46. The Bertz CT molecular complexity index is 878. The molecule has 0 bridgehead atoms. The quantitative estimate of drug-likeness (QED) is 0.774. The van der Waals surface area contributed by atoms with E-state index in [1.807, 2.05) is 43.3 Å². The minimum absolute atomic E-state index is 0.115. The molecule has 0 radical (unpaired) electrons. The van der Waals surface area contributed by atoms with Crippen LogP contribution in [0.2, 0.25) is 0 Å². The highest BCUT2D eigenvalue weighted by atomic mass is 16.2. The van der Waals surface area contributed by atoms with Crippen molar-refractivity contribution >= 4 is 11.8 Å². The van der Waals surface area contributed by atoms with Crippen molar-refractivity contribution in [2.24, 2.45) is 0 Å². The van der Waals surface area contributed by atoms with Crippen molar-refractivity contribution < 1.29 is 4.79 Å². The first-order valence-electron chi connectivity index (χ1n) is 8.31. The van der Waals surface area contributed by atoms with Crippen molar-refractivity contribution in [3.63, 3.8) is 0 Å². The van der Waals surface area contributed by atoms with E-state index in [1.54, 1.807) is 10.9 Å². The third kappa shape index (κ3) is 3.24. The molecular weight excluding hydrogens is 314 g/mol. The topological polar surface area (TPSA) is 71.8 Å². The van der Waals surface area contributed by atoms with E-state index in [1.165, 1.54) is 11.1 Å².